The SMILES string of the molecule is O=c1cc(OCc2ccc(Cl)cc2)ccn1-c1ccc2nc(C(F)(F)F)[nH]c2c1. The highest BCUT2D eigenvalue weighted by molar-refractivity contribution is 6.30. The molecule has 0 radical (unpaired) electrons. The molecule has 0 saturated heterocycles. The normalized spacial score (nSPS) is 11.7. The van der Waals surface area contributed by atoms with Gasteiger partial charge in [0.1, 0.15) is 12.4 Å². The number of ether oxygens (including phenoxy) is 1. The van der Waals surface area contributed by atoms with E-state index < -0.39 is 12.0 Å². The van der Waals surface area contributed by atoms with Gasteiger partial charge in [-0.15, -0.1) is 0 Å². The van der Waals surface area contributed by atoms with Crippen LogP contribution in [0.5, 0.6) is 5.75 Å². The van der Waals surface area contributed by atoms with Crippen LogP contribution >= 0.6 is 11.6 Å². The Morgan fingerprint density at radius 1 is 1.07 bits per heavy atom. The molecule has 0 amide bonds. The third-order valence-corrected chi connectivity index (χ3v) is 4.47. The lowest BCUT2D eigenvalue weighted by Crippen LogP contribution is -2.16. The number of aromatic amines is 1. The van der Waals surface area contributed by atoms with Gasteiger partial charge in [-0.2, -0.15) is 13.2 Å². The first-order valence-corrected chi connectivity index (χ1v) is 8.85. The van der Waals surface area contributed by atoms with Crippen LogP contribution in [0.1, 0.15) is 11.4 Å². The third-order valence-electron chi connectivity index (χ3n) is 4.22. The molecule has 4 rings (SSSR count). The van der Waals surface area contributed by atoms with Gasteiger partial charge in [-0.25, -0.2) is 4.98 Å². The monoisotopic (exact) mass is 419 g/mol. The van der Waals surface area contributed by atoms with E-state index in [1.807, 2.05) is 12.1 Å². The number of H-pyrrole nitrogens is 1. The molecule has 2 aromatic carbocycles. The molecule has 0 spiro atoms. The number of halogens is 4. The van der Waals surface area contributed by atoms with Crippen molar-refractivity contribution in [3.63, 3.8) is 0 Å². The van der Waals surface area contributed by atoms with Crippen molar-refractivity contribution in [2.24, 2.45) is 0 Å². The van der Waals surface area contributed by atoms with Crippen molar-refractivity contribution in [3.8, 4) is 11.4 Å². The number of hydrogen-bond donors (Lipinski definition) is 1. The fraction of sp³-hybridized carbons (Fsp3) is 0.100. The highest BCUT2D eigenvalue weighted by Gasteiger charge is 2.34. The van der Waals surface area contributed by atoms with Crippen LogP contribution in [0.2, 0.25) is 5.02 Å². The van der Waals surface area contributed by atoms with Gasteiger partial charge in [0.15, 0.2) is 0 Å². The second-order valence-corrected chi connectivity index (χ2v) is 6.71. The van der Waals surface area contributed by atoms with Crippen molar-refractivity contribution < 1.29 is 17.9 Å². The molecule has 2 aromatic heterocycles. The zero-order valence-corrected chi connectivity index (χ0v) is 15.5. The molecule has 1 N–H and O–H groups in total. The van der Waals surface area contributed by atoms with Gasteiger partial charge in [-0.1, -0.05) is 23.7 Å². The lowest BCUT2D eigenvalue weighted by molar-refractivity contribution is -0.144. The van der Waals surface area contributed by atoms with Gasteiger partial charge < -0.3 is 9.72 Å². The Morgan fingerprint density at radius 3 is 2.52 bits per heavy atom. The second kappa shape index (κ2) is 7.29. The van der Waals surface area contributed by atoms with Crippen LogP contribution < -0.4 is 10.3 Å². The summed E-state index contributed by atoms with van der Waals surface area (Å²) >= 11 is 5.84. The summed E-state index contributed by atoms with van der Waals surface area (Å²) in [7, 11) is 0. The Morgan fingerprint density at radius 2 is 1.83 bits per heavy atom. The van der Waals surface area contributed by atoms with E-state index in [0.717, 1.165) is 5.56 Å². The fourth-order valence-electron chi connectivity index (χ4n) is 2.79. The van der Waals surface area contributed by atoms with Crippen molar-refractivity contribution in [1.29, 1.82) is 0 Å². The van der Waals surface area contributed by atoms with Gasteiger partial charge in [-0.3, -0.25) is 9.36 Å². The van der Waals surface area contributed by atoms with Gasteiger partial charge >= 0.3 is 6.18 Å². The van der Waals surface area contributed by atoms with Crippen molar-refractivity contribution in [1.82, 2.24) is 14.5 Å². The first-order valence-electron chi connectivity index (χ1n) is 8.47. The molecule has 0 bridgehead atoms. The predicted octanol–water partition coefficient (Wildman–Crippen LogP) is 4.97. The molecule has 0 saturated carbocycles. The van der Waals surface area contributed by atoms with Crippen LogP contribution in [0.15, 0.2) is 65.6 Å². The van der Waals surface area contributed by atoms with Crippen molar-refractivity contribution >= 4 is 22.6 Å². The van der Waals surface area contributed by atoms with Crippen LogP contribution in [-0.2, 0) is 12.8 Å². The molecule has 5 nitrogen and oxygen atoms in total. The first-order chi connectivity index (χ1) is 13.8. The van der Waals surface area contributed by atoms with E-state index in [1.165, 1.54) is 35.0 Å². The highest BCUT2D eigenvalue weighted by Crippen LogP contribution is 2.29. The maximum Gasteiger partial charge on any atom is 0.449 e. The largest absolute Gasteiger partial charge is 0.489 e. The zero-order valence-electron chi connectivity index (χ0n) is 14.7. The van der Waals surface area contributed by atoms with Gasteiger partial charge in [0.05, 0.1) is 16.7 Å². The lowest BCUT2D eigenvalue weighted by Gasteiger charge is -2.09. The number of nitrogens with zero attached hydrogens (tertiary/aromatic N) is 2. The molecule has 0 aliphatic rings. The Kier molecular flexibility index (Phi) is 4.79. The van der Waals surface area contributed by atoms with E-state index in [0.29, 0.717) is 16.5 Å². The number of pyridine rings is 1. The zero-order chi connectivity index (χ0) is 20.6. The van der Waals surface area contributed by atoms with Gasteiger partial charge in [0, 0.05) is 17.3 Å². The molecule has 0 aliphatic carbocycles. The summed E-state index contributed by atoms with van der Waals surface area (Å²) < 4.78 is 45.3. The molecule has 2 heterocycles. The summed E-state index contributed by atoms with van der Waals surface area (Å²) in [4.78, 5) is 18.2. The summed E-state index contributed by atoms with van der Waals surface area (Å²) in [6, 6.07) is 14.4. The molecule has 29 heavy (non-hydrogen) atoms. The molecular weight excluding hydrogens is 407 g/mol. The summed E-state index contributed by atoms with van der Waals surface area (Å²) in [5.74, 6) is -0.703. The molecule has 0 atom stereocenters. The molecule has 4 aromatic rings. The predicted molar refractivity (Wildman–Crippen MR) is 102 cm³/mol. The van der Waals surface area contributed by atoms with Crippen LogP contribution in [0.25, 0.3) is 16.7 Å². The fourth-order valence-corrected chi connectivity index (χ4v) is 2.92. The van der Waals surface area contributed by atoms with Crippen LogP contribution in [0, 0.1) is 0 Å². The minimum atomic E-state index is -4.57. The summed E-state index contributed by atoms with van der Waals surface area (Å²) in [5.41, 5.74) is 1.27. The van der Waals surface area contributed by atoms with Crippen LogP contribution in [-0.4, -0.2) is 14.5 Å². The Bertz CT molecular complexity index is 1230. The number of rotatable bonds is 4. The smallest absolute Gasteiger partial charge is 0.449 e. The maximum absolute atomic E-state index is 12.8. The van der Waals surface area contributed by atoms with E-state index >= 15 is 0 Å². The van der Waals surface area contributed by atoms with Gasteiger partial charge in [-0.05, 0) is 42.0 Å². The quantitative estimate of drug-likeness (QED) is 0.508. The van der Waals surface area contributed by atoms with Crippen LogP contribution in [0.4, 0.5) is 13.2 Å². The number of alkyl halides is 3. The standard InChI is InChI=1S/C20H13ClF3N3O2/c21-13-3-1-12(2-4-13)11-29-15-7-8-27(18(28)10-15)14-5-6-16-17(9-14)26-19(25-16)20(22,23)24/h1-10H,11H2,(H,25,26). The van der Waals surface area contributed by atoms with Gasteiger partial charge in [0.2, 0.25) is 5.82 Å². The number of benzene rings is 2. The Balaban J connectivity index is 1.57. The van der Waals surface area contributed by atoms with E-state index in [9.17, 15) is 18.0 Å². The van der Waals surface area contributed by atoms with E-state index in [2.05, 4.69) is 9.97 Å². The minimum Gasteiger partial charge on any atom is -0.489 e. The average molecular weight is 420 g/mol. The third kappa shape index (κ3) is 4.12. The molecule has 0 aliphatic heterocycles. The average Bonchev–Trinajstić information content (AvgIpc) is 3.11. The Hall–Kier alpha value is -3.26. The number of aromatic nitrogens is 3. The molecule has 9 heteroatoms. The Labute approximate surface area is 167 Å². The minimum absolute atomic E-state index is 0.164. The van der Waals surface area contributed by atoms with Crippen LogP contribution in [0.3, 0.4) is 0 Å². The lowest BCUT2D eigenvalue weighted by atomic mass is 10.2. The van der Waals surface area contributed by atoms with E-state index in [4.69, 9.17) is 16.3 Å². The van der Waals surface area contributed by atoms with Crippen molar-refractivity contribution in [2.45, 2.75) is 12.8 Å². The first kappa shape index (κ1) is 19.1. The molecule has 0 fully saturated rings. The highest BCUT2D eigenvalue weighted by atomic mass is 35.5. The molecule has 0 unspecified atom stereocenters. The second-order valence-electron chi connectivity index (χ2n) is 6.27. The number of fused-ring (bicyclic) bond motifs is 1. The summed E-state index contributed by atoms with van der Waals surface area (Å²) in [6.07, 6.45) is -3.07. The number of hydrogen-bond acceptors (Lipinski definition) is 3. The van der Waals surface area contributed by atoms with Crippen molar-refractivity contribution in [2.75, 3.05) is 0 Å². The number of imidazole rings is 1. The summed E-state index contributed by atoms with van der Waals surface area (Å²) in [5, 5.41) is 0.618. The topological polar surface area (TPSA) is 59.9 Å². The number of nitrogens with one attached hydrogen (secondary N) is 1. The summed E-state index contributed by atoms with van der Waals surface area (Å²) in [6.45, 7) is 0.265. The van der Waals surface area contributed by atoms with E-state index in [-0.39, 0.29) is 23.2 Å². The van der Waals surface area contributed by atoms with E-state index in [1.54, 1.807) is 18.2 Å². The van der Waals surface area contributed by atoms with Crippen molar-refractivity contribution in [3.05, 3.63) is 87.6 Å². The molecule has 148 valence electrons. The molecular formula is C20H13ClF3N3O2. The van der Waals surface area contributed by atoms with Gasteiger partial charge in [0.25, 0.3) is 5.56 Å². The maximum atomic E-state index is 12.8.